The van der Waals surface area contributed by atoms with Crippen molar-refractivity contribution in [1.82, 2.24) is 14.5 Å². The molecule has 3 aromatic carbocycles. The molecule has 0 amide bonds. The van der Waals surface area contributed by atoms with E-state index in [0.29, 0.717) is 21.4 Å². The summed E-state index contributed by atoms with van der Waals surface area (Å²) in [4.78, 5) is -0.416. The zero-order chi connectivity index (χ0) is 22.9. The van der Waals surface area contributed by atoms with Crippen molar-refractivity contribution in [3.05, 3.63) is 99.9 Å². The number of benzene rings is 3. The first kappa shape index (κ1) is 22.5. The molecular formula is C23H18Cl2FN3O2S. The van der Waals surface area contributed by atoms with Gasteiger partial charge in [-0.05, 0) is 43.3 Å². The van der Waals surface area contributed by atoms with Crippen molar-refractivity contribution in [1.29, 1.82) is 0 Å². The summed E-state index contributed by atoms with van der Waals surface area (Å²) in [7, 11) is -4.07. The van der Waals surface area contributed by atoms with E-state index in [9.17, 15) is 12.8 Å². The standard InChI is InChI=1S/C23H18Cl2FN3O2S/c1-15-20(14-27-32(30,31)22-9-5-3-7-19(22)26)28-29(21-8-4-2-6-18(21)25)23(15)16-10-12-17(24)13-11-16/h2-13,27H,14H2,1H3. The predicted molar refractivity (Wildman–Crippen MR) is 124 cm³/mol. The van der Waals surface area contributed by atoms with Crippen LogP contribution in [0.1, 0.15) is 11.3 Å². The molecule has 1 N–H and O–H groups in total. The maximum absolute atomic E-state index is 14.0. The summed E-state index contributed by atoms with van der Waals surface area (Å²) in [5.41, 5.74) is 3.46. The molecule has 0 aliphatic carbocycles. The van der Waals surface area contributed by atoms with Gasteiger partial charge in [0, 0.05) is 16.1 Å². The molecule has 0 saturated carbocycles. The van der Waals surface area contributed by atoms with Gasteiger partial charge in [0.05, 0.1) is 28.6 Å². The second kappa shape index (κ2) is 9.03. The minimum Gasteiger partial charge on any atom is -0.231 e. The van der Waals surface area contributed by atoms with E-state index >= 15 is 0 Å². The lowest BCUT2D eigenvalue weighted by Crippen LogP contribution is -2.24. The van der Waals surface area contributed by atoms with Crippen LogP contribution >= 0.6 is 23.2 Å². The lowest BCUT2D eigenvalue weighted by atomic mass is 10.1. The van der Waals surface area contributed by atoms with Gasteiger partial charge in [-0.3, -0.25) is 0 Å². The van der Waals surface area contributed by atoms with Crippen molar-refractivity contribution in [2.24, 2.45) is 0 Å². The van der Waals surface area contributed by atoms with Crippen LogP contribution in [-0.4, -0.2) is 18.2 Å². The molecule has 5 nitrogen and oxygen atoms in total. The van der Waals surface area contributed by atoms with E-state index < -0.39 is 20.7 Å². The molecule has 164 valence electrons. The van der Waals surface area contributed by atoms with Gasteiger partial charge in [-0.2, -0.15) is 5.10 Å². The Hall–Kier alpha value is -2.71. The van der Waals surface area contributed by atoms with E-state index in [1.165, 1.54) is 18.2 Å². The molecule has 9 heteroatoms. The first-order valence-electron chi connectivity index (χ1n) is 9.61. The fourth-order valence-corrected chi connectivity index (χ4v) is 4.76. The second-order valence-corrected chi connectivity index (χ2v) is 9.62. The summed E-state index contributed by atoms with van der Waals surface area (Å²) < 4.78 is 43.4. The molecule has 0 aliphatic heterocycles. The van der Waals surface area contributed by atoms with E-state index in [-0.39, 0.29) is 6.54 Å². The maximum Gasteiger partial charge on any atom is 0.243 e. The Kier molecular flexibility index (Phi) is 6.35. The van der Waals surface area contributed by atoms with Crippen molar-refractivity contribution in [3.63, 3.8) is 0 Å². The van der Waals surface area contributed by atoms with Gasteiger partial charge in [-0.25, -0.2) is 22.2 Å². The number of nitrogens with zero attached hydrogens (tertiary/aromatic N) is 2. The number of para-hydroxylation sites is 1. The first-order chi connectivity index (χ1) is 15.3. The van der Waals surface area contributed by atoms with Crippen LogP contribution in [0.4, 0.5) is 4.39 Å². The molecule has 0 unspecified atom stereocenters. The number of nitrogens with one attached hydrogen (secondary N) is 1. The summed E-state index contributed by atoms with van der Waals surface area (Å²) in [5, 5.41) is 5.72. The van der Waals surface area contributed by atoms with Crippen molar-refractivity contribution in [3.8, 4) is 16.9 Å². The van der Waals surface area contributed by atoms with Gasteiger partial charge in [-0.15, -0.1) is 0 Å². The van der Waals surface area contributed by atoms with Gasteiger partial charge >= 0.3 is 0 Å². The van der Waals surface area contributed by atoms with Crippen LogP contribution < -0.4 is 4.72 Å². The maximum atomic E-state index is 14.0. The van der Waals surface area contributed by atoms with Crippen molar-refractivity contribution >= 4 is 33.2 Å². The van der Waals surface area contributed by atoms with Gasteiger partial charge in [0.25, 0.3) is 0 Å². The van der Waals surface area contributed by atoms with E-state index in [4.69, 9.17) is 23.2 Å². The Morgan fingerprint density at radius 2 is 1.62 bits per heavy atom. The number of hydrogen-bond acceptors (Lipinski definition) is 3. The molecule has 0 bridgehead atoms. The second-order valence-electron chi connectivity index (χ2n) is 7.05. The third kappa shape index (κ3) is 4.42. The Balaban J connectivity index is 1.77. The molecule has 0 fully saturated rings. The highest BCUT2D eigenvalue weighted by Crippen LogP contribution is 2.32. The highest BCUT2D eigenvalue weighted by atomic mass is 35.5. The molecule has 0 spiro atoms. The van der Waals surface area contributed by atoms with E-state index in [0.717, 1.165) is 22.9 Å². The predicted octanol–water partition coefficient (Wildman–Crippen LogP) is 5.77. The highest BCUT2D eigenvalue weighted by molar-refractivity contribution is 7.89. The number of hydrogen-bond donors (Lipinski definition) is 1. The molecule has 4 rings (SSSR count). The topological polar surface area (TPSA) is 64.0 Å². The Bertz CT molecular complexity index is 1390. The SMILES string of the molecule is Cc1c(CNS(=O)(=O)c2ccccc2F)nn(-c2ccccc2Cl)c1-c1ccc(Cl)cc1. The van der Waals surface area contributed by atoms with Crippen LogP contribution in [0, 0.1) is 12.7 Å². The lowest BCUT2D eigenvalue weighted by Gasteiger charge is -2.10. The minimum absolute atomic E-state index is 0.124. The summed E-state index contributed by atoms with van der Waals surface area (Å²) in [6.07, 6.45) is 0. The van der Waals surface area contributed by atoms with Gasteiger partial charge < -0.3 is 0 Å². The average molecular weight is 490 g/mol. The molecule has 0 atom stereocenters. The summed E-state index contributed by atoms with van der Waals surface area (Å²) in [6, 6.07) is 19.7. The van der Waals surface area contributed by atoms with Gasteiger partial charge in [0.1, 0.15) is 10.7 Å². The van der Waals surface area contributed by atoms with E-state index in [1.807, 2.05) is 37.3 Å². The number of rotatable bonds is 6. The van der Waals surface area contributed by atoms with Crippen LogP contribution in [0.25, 0.3) is 16.9 Å². The largest absolute Gasteiger partial charge is 0.243 e. The van der Waals surface area contributed by atoms with E-state index in [1.54, 1.807) is 22.9 Å². The van der Waals surface area contributed by atoms with Crippen molar-refractivity contribution < 1.29 is 12.8 Å². The fraction of sp³-hybridized carbons (Fsp3) is 0.0870. The van der Waals surface area contributed by atoms with Crippen LogP contribution in [0.5, 0.6) is 0 Å². The summed E-state index contributed by atoms with van der Waals surface area (Å²) >= 11 is 12.5. The van der Waals surface area contributed by atoms with Gasteiger partial charge in [0.2, 0.25) is 10.0 Å². The van der Waals surface area contributed by atoms with Gasteiger partial charge in [0.15, 0.2) is 0 Å². The number of sulfonamides is 1. The normalized spacial score (nSPS) is 11.6. The molecule has 1 aromatic heterocycles. The minimum atomic E-state index is -4.07. The molecule has 0 radical (unpaired) electrons. The van der Waals surface area contributed by atoms with Crippen molar-refractivity contribution in [2.75, 3.05) is 0 Å². The molecule has 1 heterocycles. The molecule has 32 heavy (non-hydrogen) atoms. The zero-order valence-electron chi connectivity index (χ0n) is 16.9. The first-order valence-corrected chi connectivity index (χ1v) is 11.9. The van der Waals surface area contributed by atoms with Crippen LogP contribution in [0.3, 0.4) is 0 Å². The summed E-state index contributed by atoms with van der Waals surface area (Å²) in [5.74, 6) is -0.819. The monoisotopic (exact) mass is 489 g/mol. The zero-order valence-corrected chi connectivity index (χ0v) is 19.2. The number of aromatic nitrogens is 2. The van der Waals surface area contributed by atoms with Crippen LogP contribution in [0.2, 0.25) is 10.0 Å². The Labute approximate surface area is 195 Å². The molecule has 0 aliphatic rings. The van der Waals surface area contributed by atoms with Crippen LogP contribution in [0.15, 0.2) is 77.7 Å². The Morgan fingerprint density at radius 3 is 2.31 bits per heavy atom. The quantitative estimate of drug-likeness (QED) is 0.373. The summed E-state index contributed by atoms with van der Waals surface area (Å²) in [6.45, 7) is 1.72. The molecule has 0 saturated heterocycles. The van der Waals surface area contributed by atoms with E-state index in [2.05, 4.69) is 9.82 Å². The smallest absolute Gasteiger partial charge is 0.231 e. The Morgan fingerprint density at radius 1 is 0.969 bits per heavy atom. The van der Waals surface area contributed by atoms with Gasteiger partial charge in [-0.1, -0.05) is 59.6 Å². The number of halogens is 3. The average Bonchev–Trinajstić information content (AvgIpc) is 3.09. The lowest BCUT2D eigenvalue weighted by molar-refractivity contribution is 0.556. The third-order valence-electron chi connectivity index (χ3n) is 4.97. The molecular weight excluding hydrogens is 472 g/mol. The highest BCUT2D eigenvalue weighted by Gasteiger charge is 2.22. The molecule has 4 aromatic rings. The third-order valence-corrected chi connectivity index (χ3v) is 6.98. The van der Waals surface area contributed by atoms with Crippen LogP contribution in [-0.2, 0) is 16.6 Å². The fourth-order valence-electron chi connectivity index (χ4n) is 3.36. The van der Waals surface area contributed by atoms with Crippen molar-refractivity contribution in [2.45, 2.75) is 18.4 Å².